The number of benzene rings is 1. The number of nitrogens with one attached hydrogen (secondary N) is 2. The fourth-order valence-corrected chi connectivity index (χ4v) is 2.43. The maximum absolute atomic E-state index is 13.3. The molecule has 0 spiro atoms. The molecule has 1 aromatic carbocycles. The van der Waals surface area contributed by atoms with Crippen LogP contribution in [-0.4, -0.2) is 43.4 Å². The SMILES string of the molecule is O=C(NCCc1c[nH]c2ccc(F)cc12)C1COCCO1. The van der Waals surface area contributed by atoms with Crippen molar-refractivity contribution in [1.29, 1.82) is 0 Å². The molecule has 0 aliphatic carbocycles. The first-order chi connectivity index (χ1) is 10.2. The van der Waals surface area contributed by atoms with Gasteiger partial charge in [-0.15, -0.1) is 0 Å². The van der Waals surface area contributed by atoms with Crippen LogP contribution in [0.5, 0.6) is 0 Å². The van der Waals surface area contributed by atoms with Crippen molar-refractivity contribution in [2.24, 2.45) is 0 Å². The van der Waals surface area contributed by atoms with Crippen molar-refractivity contribution in [2.45, 2.75) is 12.5 Å². The minimum absolute atomic E-state index is 0.166. The van der Waals surface area contributed by atoms with Gasteiger partial charge in [0.25, 0.3) is 5.91 Å². The smallest absolute Gasteiger partial charge is 0.251 e. The highest BCUT2D eigenvalue weighted by atomic mass is 19.1. The second kappa shape index (κ2) is 6.24. The molecule has 1 aliphatic rings. The Hall–Kier alpha value is -1.92. The van der Waals surface area contributed by atoms with E-state index >= 15 is 0 Å². The number of carbonyl (C=O) groups is 1. The van der Waals surface area contributed by atoms with E-state index < -0.39 is 6.10 Å². The molecule has 5 nitrogen and oxygen atoms in total. The average Bonchev–Trinajstić information content (AvgIpc) is 2.90. The van der Waals surface area contributed by atoms with Crippen LogP contribution in [0, 0.1) is 5.82 Å². The Morgan fingerprint density at radius 1 is 1.43 bits per heavy atom. The molecule has 1 amide bonds. The third-order valence-electron chi connectivity index (χ3n) is 3.53. The molecule has 0 bridgehead atoms. The summed E-state index contributed by atoms with van der Waals surface area (Å²) in [4.78, 5) is 15.0. The molecule has 2 heterocycles. The van der Waals surface area contributed by atoms with Crippen molar-refractivity contribution in [1.82, 2.24) is 10.3 Å². The molecule has 112 valence electrons. The van der Waals surface area contributed by atoms with Gasteiger partial charge in [0.1, 0.15) is 5.82 Å². The Bertz CT molecular complexity index is 635. The van der Waals surface area contributed by atoms with E-state index in [4.69, 9.17) is 9.47 Å². The van der Waals surface area contributed by atoms with E-state index in [1.807, 2.05) is 6.20 Å². The number of rotatable bonds is 4. The largest absolute Gasteiger partial charge is 0.376 e. The zero-order valence-electron chi connectivity index (χ0n) is 11.5. The van der Waals surface area contributed by atoms with Gasteiger partial charge >= 0.3 is 0 Å². The number of halogens is 1. The van der Waals surface area contributed by atoms with Crippen LogP contribution in [0.3, 0.4) is 0 Å². The summed E-state index contributed by atoms with van der Waals surface area (Å²) in [6.45, 7) is 1.75. The summed E-state index contributed by atoms with van der Waals surface area (Å²) in [7, 11) is 0. The molecule has 6 heteroatoms. The van der Waals surface area contributed by atoms with Crippen molar-refractivity contribution in [3.63, 3.8) is 0 Å². The Morgan fingerprint density at radius 3 is 3.14 bits per heavy atom. The summed E-state index contributed by atoms with van der Waals surface area (Å²) in [5.74, 6) is -0.430. The van der Waals surface area contributed by atoms with Crippen molar-refractivity contribution >= 4 is 16.8 Å². The van der Waals surface area contributed by atoms with Crippen LogP contribution in [0.15, 0.2) is 24.4 Å². The fraction of sp³-hybridized carbons (Fsp3) is 0.400. The van der Waals surface area contributed by atoms with Gasteiger partial charge in [0.15, 0.2) is 6.10 Å². The number of H-pyrrole nitrogens is 1. The van der Waals surface area contributed by atoms with Crippen LogP contribution in [0.2, 0.25) is 0 Å². The van der Waals surface area contributed by atoms with Gasteiger partial charge in [-0.2, -0.15) is 0 Å². The molecule has 1 aliphatic heterocycles. The summed E-state index contributed by atoms with van der Waals surface area (Å²) in [5, 5.41) is 3.67. The zero-order valence-corrected chi connectivity index (χ0v) is 11.5. The Balaban J connectivity index is 1.56. The minimum atomic E-state index is -0.529. The molecular formula is C15H17FN2O3. The van der Waals surface area contributed by atoms with Gasteiger partial charge in [-0.3, -0.25) is 4.79 Å². The lowest BCUT2D eigenvalue weighted by Gasteiger charge is -2.21. The van der Waals surface area contributed by atoms with Crippen LogP contribution in [-0.2, 0) is 20.7 Å². The Morgan fingerprint density at radius 2 is 2.33 bits per heavy atom. The van der Waals surface area contributed by atoms with Crippen molar-refractivity contribution < 1.29 is 18.7 Å². The first kappa shape index (κ1) is 14.0. The summed E-state index contributed by atoms with van der Waals surface area (Å²) >= 11 is 0. The molecule has 0 saturated carbocycles. The number of aromatic amines is 1. The van der Waals surface area contributed by atoms with E-state index in [0.29, 0.717) is 32.8 Å². The monoisotopic (exact) mass is 292 g/mol. The van der Waals surface area contributed by atoms with E-state index in [0.717, 1.165) is 16.5 Å². The van der Waals surface area contributed by atoms with Crippen molar-refractivity contribution in [3.05, 3.63) is 35.8 Å². The van der Waals surface area contributed by atoms with Gasteiger partial charge in [0.2, 0.25) is 0 Å². The normalized spacial score (nSPS) is 18.8. The van der Waals surface area contributed by atoms with E-state index in [2.05, 4.69) is 10.3 Å². The van der Waals surface area contributed by atoms with Gasteiger partial charge in [0.05, 0.1) is 19.8 Å². The van der Waals surface area contributed by atoms with Crippen LogP contribution >= 0.6 is 0 Å². The number of amides is 1. The predicted octanol–water partition coefficient (Wildman–Crippen LogP) is 1.38. The van der Waals surface area contributed by atoms with Crippen LogP contribution in [0.1, 0.15) is 5.56 Å². The van der Waals surface area contributed by atoms with E-state index in [1.54, 1.807) is 6.07 Å². The number of hydrogen-bond acceptors (Lipinski definition) is 3. The van der Waals surface area contributed by atoms with Gasteiger partial charge in [-0.05, 0) is 30.2 Å². The second-order valence-corrected chi connectivity index (χ2v) is 4.98. The molecule has 1 saturated heterocycles. The fourth-order valence-electron chi connectivity index (χ4n) is 2.43. The molecule has 1 unspecified atom stereocenters. The molecule has 2 N–H and O–H groups in total. The maximum atomic E-state index is 13.3. The van der Waals surface area contributed by atoms with Crippen LogP contribution < -0.4 is 5.32 Å². The van der Waals surface area contributed by atoms with Gasteiger partial charge < -0.3 is 19.8 Å². The second-order valence-electron chi connectivity index (χ2n) is 4.98. The summed E-state index contributed by atoms with van der Waals surface area (Å²) < 4.78 is 23.8. The van der Waals surface area contributed by atoms with E-state index in [1.165, 1.54) is 12.1 Å². The topological polar surface area (TPSA) is 63.4 Å². The lowest BCUT2D eigenvalue weighted by atomic mass is 10.1. The highest BCUT2D eigenvalue weighted by molar-refractivity contribution is 5.83. The third kappa shape index (κ3) is 3.22. The van der Waals surface area contributed by atoms with Crippen molar-refractivity contribution in [3.8, 4) is 0 Å². The Kier molecular flexibility index (Phi) is 4.17. The number of aromatic nitrogens is 1. The molecule has 1 fully saturated rings. The standard InChI is InChI=1S/C15H17FN2O3/c16-11-1-2-13-12(7-11)10(8-18-13)3-4-17-15(19)14-9-20-5-6-21-14/h1-2,7-8,14,18H,3-6,9H2,(H,17,19). The van der Waals surface area contributed by atoms with Crippen LogP contribution in [0.4, 0.5) is 4.39 Å². The molecule has 2 aromatic rings. The number of hydrogen-bond donors (Lipinski definition) is 2. The zero-order chi connectivity index (χ0) is 14.7. The highest BCUT2D eigenvalue weighted by Gasteiger charge is 2.22. The summed E-state index contributed by atoms with van der Waals surface area (Å²) in [6, 6.07) is 4.63. The van der Waals surface area contributed by atoms with Gasteiger partial charge in [0, 0.05) is 23.6 Å². The Labute approximate surface area is 121 Å². The highest BCUT2D eigenvalue weighted by Crippen LogP contribution is 2.19. The van der Waals surface area contributed by atoms with Crippen LogP contribution in [0.25, 0.3) is 10.9 Å². The van der Waals surface area contributed by atoms with Gasteiger partial charge in [-0.25, -0.2) is 4.39 Å². The lowest BCUT2D eigenvalue weighted by Crippen LogP contribution is -2.43. The number of ether oxygens (including phenoxy) is 2. The average molecular weight is 292 g/mol. The number of fused-ring (bicyclic) bond motifs is 1. The summed E-state index contributed by atoms with van der Waals surface area (Å²) in [5.41, 5.74) is 1.87. The number of carbonyl (C=O) groups excluding carboxylic acids is 1. The molecule has 0 radical (unpaired) electrons. The van der Waals surface area contributed by atoms with E-state index in [-0.39, 0.29) is 11.7 Å². The molecule has 21 heavy (non-hydrogen) atoms. The predicted molar refractivity (Wildman–Crippen MR) is 75.5 cm³/mol. The molecule has 3 rings (SSSR count). The first-order valence-corrected chi connectivity index (χ1v) is 6.96. The summed E-state index contributed by atoms with van der Waals surface area (Å²) in [6.07, 6.45) is 1.94. The van der Waals surface area contributed by atoms with Crippen molar-refractivity contribution in [2.75, 3.05) is 26.4 Å². The third-order valence-corrected chi connectivity index (χ3v) is 3.53. The quantitative estimate of drug-likeness (QED) is 0.895. The minimum Gasteiger partial charge on any atom is -0.376 e. The molecule has 1 aromatic heterocycles. The molecular weight excluding hydrogens is 275 g/mol. The lowest BCUT2D eigenvalue weighted by molar-refractivity contribution is -0.147. The van der Waals surface area contributed by atoms with E-state index in [9.17, 15) is 9.18 Å². The molecule has 1 atom stereocenters. The van der Waals surface area contributed by atoms with Gasteiger partial charge in [-0.1, -0.05) is 0 Å². The maximum Gasteiger partial charge on any atom is 0.251 e. The first-order valence-electron chi connectivity index (χ1n) is 6.96.